The van der Waals surface area contributed by atoms with E-state index in [-0.39, 0.29) is 17.9 Å². The van der Waals surface area contributed by atoms with E-state index >= 15 is 0 Å². The molecule has 4 aromatic rings. The van der Waals surface area contributed by atoms with E-state index in [2.05, 4.69) is 11.4 Å². The largest absolute Gasteiger partial charge is 0.455 e. The molecule has 0 saturated heterocycles. The van der Waals surface area contributed by atoms with Crippen LogP contribution in [-0.4, -0.2) is 18.5 Å². The van der Waals surface area contributed by atoms with Gasteiger partial charge in [-0.15, -0.1) is 0 Å². The van der Waals surface area contributed by atoms with Crippen molar-refractivity contribution in [2.75, 3.05) is 11.9 Å². The number of hydrogen-bond donors (Lipinski definition) is 1. The predicted molar refractivity (Wildman–Crippen MR) is 129 cm³/mol. The molecule has 0 unspecified atom stereocenters. The van der Waals surface area contributed by atoms with Crippen LogP contribution < -0.4 is 5.32 Å². The first kappa shape index (κ1) is 22.8. The van der Waals surface area contributed by atoms with Gasteiger partial charge in [0.1, 0.15) is 17.4 Å². The van der Waals surface area contributed by atoms with Gasteiger partial charge < -0.3 is 9.15 Å². The van der Waals surface area contributed by atoms with Crippen molar-refractivity contribution >= 4 is 29.4 Å². The maximum atomic E-state index is 12.5. The zero-order valence-electron chi connectivity index (χ0n) is 18.0. The number of halogens is 1. The quantitative estimate of drug-likeness (QED) is 0.341. The summed E-state index contributed by atoms with van der Waals surface area (Å²) in [6.45, 7) is -0.515. The minimum absolute atomic E-state index is 0.000966. The molecule has 1 aromatic heterocycles. The van der Waals surface area contributed by atoms with Crippen LogP contribution in [0.15, 0.2) is 89.3 Å². The molecule has 3 aromatic carbocycles. The molecule has 0 fully saturated rings. The molecular formula is C27H19ClN2O4. The van der Waals surface area contributed by atoms with Gasteiger partial charge in [0, 0.05) is 16.1 Å². The lowest BCUT2D eigenvalue weighted by Crippen LogP contribution is -2.21. The summed E-state index contributed by atoms with van der Waals surface area (Å²) in [5.41, 5.74) is 3.01. The number of amides is 1. The second kappa shape index (κ2) is 10.5. The maximum absolute atomic E-state index is 12.5. The molecule has 0 aliphatic heterocycles. The number of benzene rings is 3. The molecule has 6 nitrogen and oxygen atoms in total. The molecule has 0 aliphatic rings. The highest BCUT2D eigenvalue weighted by atomic mass is 35.5. The van der Waals surface area contributed by atoms with Crippen molar-refractivity contribution in [1.82, 2.24) is 0 Å². The standard InChI is InChI=1S/C27H19ClN2O4/c28-21-13-11-18(12-14-21)15-24(32)33-17-23(31)30-27-22(16-29)25(19-7-3-1-4-8-19)26(34-27)20-9-5-2-6-10-20/h1-14H,15,17H2,(H,30,31). The third kappa shape index (κ3) is 5.34. The van der Waals surface area contributed by atoms with Crippen molar-refractivity contribution in [3.05, 3.63) is 101 Å². The van der Waals surface area contributed by atoms with Crippen LogP contribution in [-0.2, 0) is 20.7 Å². The summed E-state index contributed by atoms with van der Waals surface area (Å²) < 4.78 is 11.0. The van der Waals surface area contributed by atoms with Crippen LogP contribution in [0.4, 0.5) is 5.88 Å². The van der Waals surface area contributed by atoms with Crippen molar-refractivity contribution in [3.8, 4) is 28.5 Å². The van der Waals surface area contributed by atoms with Gasteiger partial charge in [-0.3, -0.25) is 14.9 Å². The van der Waals surface area contributed by atoms with Crippen LogP contribution in [0.3, 0.4) is 0 Å². The number of carbonyl (C=O) groups is 2. The normalized spacial score (nSPS) is 10.4. The van der Waals surface area contributed by atoms with Crippen LogP contribution in [0.1, 0.15) is 11.1 Å². The second-order valence-electron chi connectivity index (χ2n) is 7.37. The van der Waals surface area contributed by atoms with Gasteiger partial charge in [-0.25, -0.2) is 0 Å². The highest BCUT2D eigenvalue weighted by Gasteiger charge is 2.24. The van der Waals surface area contributed by atoms with Gasteiger partial charge in [-0.1, -0.05) is 84.4 Å². The van der Waals surface area contributed by atoms with Crippen LogP contribution >= 0.6 is 11.6 Å². The first-order valence-corrected chi connectivity index (χ1v) is 10.8. The number of anilines is 1. The van der Waals surface area contributed by atoms with Crippen molar-refractivity contribution < 1.29 is 18.7 Å². The molecule has 34 heavy (non-hydrogen) atoms. The Labute approximate surface area is 201 Å². The lowest BCUT2D eigenvalue weighted by atomic mass is 9.98. The number of furan rings is 1. The fraction of sp³-hybridized carbons (Fsp3) is 0.0741. The molecule has 0 bridgehead atoms. The van der Waals surface area contributed by atoms with E-state index in [1.807, 2.05) is 60.7 Å². The Morgan fingerprint density at radius 3 is 2.15 bits per heavy atom. The highest BCUT2D eigenvalue weighted by molar-refractivity contribution is 6.30. The lowest BCUT2D eigenvalue weighted by molar-refractivity contribution is -0.146. The Balaban J connectivity index is 1.53. The monoisotopic (exact) mass is 470 g/mol. The van der Waals surface area contributed by atoms with E-state index in [9.17, 15) is 14.9 Å². The van der Waals surface area contributed by atoms with Crippen molar-refractivity contribution in [3.63, 3.8) is 0 Å². The summed E-state index contributed by atoms with van der Waals surface area (Å²) in [5, 5.41) is 13.0. The summed E-state index contributed by atoms with van der Waals surface area (Å²) in [5.74, 6) is -0.723. The summed E-state index contributed by atoms with van der Waals surface area (Å²) in [6, 6.07) is 27.5. The molecule has 0 saturated carbocycles. The molecule has 0 atom stereocenters. The van der Waals surface area contributed by atoms with Crippen LogP contribution in [0.5, 0.6) is 0 Å². The van der Waals surface area contributed by atoms with Gasteiger partial charge in [-0.2, -0.15) is 5.26 Å². The van der Waals surface area contributed by atoms with E-state index in [1.165, 1.54) is 0 Å². The summed E-state index contributed by atoms with van der Waals surface area (Å²) >= 11 is 5.84. The average molecular weight is 471 g/mol. The number of carbonyl (C=O) groups excluding carboxylic acids is 2. The molecule has 7 heteroatoms. The van der Waals surface area contributed by atoms with Crippen molar-refractivity contribution in [2.45, 2.75) is 6.42 Å². The first-order valence-electron chi connectivity index (χ1n) is 10.4. The number of nitriles is 1. The molecule has 1 N–H and O–H groups in total. The van der Waals surface area contributed by atoms with Crippen molar-refractivity contribution in [2.24, 2.45) is 0 Å². The first-order chi connectivity index (χ1) is 16.5. The number of hydrogen-bond acceptors (Lipinski definition) is 5. The highest BCUT2D eigenvalue weighted by Crippen LogP contribution is 2.41. The smallest absolute Gasteiger partial charge is 0.310 e. The van der Waals surface area contributed by atoms with E-state index in [0.717, 1.165) is 11.1 Å². The fourth-order valence-corrected chi connectivity index (χ4v) is 3.55. The lowest BCUT2D eigenvalue weighted by Gasteiger charge is -2.05. The van der Waals surface area contributed by atoms with Gasteiger partial charge in [0.25, 0.3) is 5.91 Å². The molecule has 0 radical (unpaired) electrons. The second-order valence-corrected chi connectivity index (χ2v) is 7.80. The number of nitrogens with one attached hydrogen (secondary N) is 1. The molecule has 4 rings (SSSR count). The Hall–Kier alpha value is -4.34. The van der Waals surface area contributed by atoms with Crippen molar-refractivity contribution in [1.29, 1.82) is 5.26 Å². The molecule has 0 aliphatic carbocycles. The van der Waals surface area contributed by atoms with E-state index in [1.54, 1.807) is 24.3 Å². The minimum atomic E-state index is -0.617. The summed E-state index contributed by atoms with van der Waals surface area (Å²) in [4.78, 5) is 24.6. The van der Waals surface area contributed by atoms with Gasteiger partial charge in [0.05, 0.1) is 6.42 Å². The van der Waals surface area contributed by atoms with Crippen LogP contribution in [0.2, 0.25) is 5.02 Å². The molecule has 1 amide bonds. The number of ether oxygens (including phenoxy) is 1. The summed E-state index contributed by atoms with van der Waals surface area (Å²) in [6.07, 6.45) is 0.00492. The SMILES string of the molecule is N#Cc1c(NC(=O)COC(=O)Cc2ccc(Cl)cc2)oc(-c2ccccc2)c1-c1ccccc1. The topological polar surface area (TPSA) is 92.3 Å². The molecule has 0 spiro atoms. The molecule has 168 valence electrons. The Kier molecular flexibility index (Phi) is 7.07. The average Bonchev–Trinajstić information content (AvgIpc) is 3.23. The number of esters is 1. The van der Waals surface area contributed by atoms with Crippen LogP contribution in [0.25, 0.3) is 22.5 Å². The zero-order valence-corrected chi connectivity index (χ0v) is 18.7. The molecule has 1 heterocycles. The van der Waals surface area contributed by atoms with Crippen LogP contribution in [0, 0.1) is 11.3 Å². The Bertz CT molecular complexity index is 1340. The van der Waals surface area contributed by atoms with E-state index in [0.29, 0.717) is 21.9 Å². The number of rotatable bonds is 7. The Morgan fingerprint density at radius 1 is 0.912 bits per heavy atom. The van der Waals surface area contributed by atoms with Gasteiger partial charge in [0.2, 0.25) is 5.88 Å². The third-order valence-corrected chi connectivity index (χ3v) is 5.25. The number of nitrogens with zero attached hydrogens (tertiary/aromatic N) is 1. The maximum Gasteiger partial charge on any atom is 0.310 e. The van der Waals surface area contributed by atoms with Gasteiger partial charge in [-0.05, 0) is 23.3 Å². The summed E-state index contributed by atoms with van der Waals surface area (Å²) in [7, 11) is 0. The predicted octanol–water partition coefficient (Wildman–Crippen LogP) is 5.86. The molecular weight excluding hydrogens is 452 g/mol. The van der Waals surface area contributed by atoms with Gasteiger partial charge >= 0.3 is 5.97 Å². The third-order valence-electron chi connectivity index (χ3n) is 5.00. The van der Waals surface area contributed by atoms with Gasteiger partial charge in [0.15, 0.2) is 6.61 Å². The minimum Gasteiger partial charge on any atom is -0.455 e. The van der Waals surface area contributed by atoms with E-state index < -0.39 is 18.5 Å². The Morgan fingerprint density at radius 2 is 1.53 bits per heavy atom. The zero-order chi connectivity index (χ0) is 23.9. The van der Waals surface area contributed by atoms with E-state index in [4.69, 9.17) is 20.8 Å². The fourth-order valence-electron chi connectivity index (χ4n) is 3.43.